The minimum atomic E-state index is -1.18. The number of esters is 1. The van der Waals surface area contributed by atoms with E-state index in [1.165, 1.54) is 0 Å². The summed E-state index contributed by atoms with van der Waals surface area (Å²) in [6.45, 7) is 0. The summed E-state index contributed by atoms with van der Waals surface area (Å²) in [6, 6.07) is 22.3. The number of hydrogen-bond acceptors (Lipinski definition) is 4. The number of nitrogens with zero attached hydrogens (tertiary/aromatic N) is 1. The summed E-state index contributed by atoms with van der Waals surface area (Å²) >= 11 is 0. The van der Waals surface area contributed by atoms with E-state index in [-0.39, 0.29) is 17.6 Å². The highest BCUT2D eigenvalue weighted by Crippen LogP contribution is 2.66. The molecule has 2 heterocycles. The molecule has 5 rings (SSSR count). The maximum Gasteiger partial charge on any atom is 0.326 e. The molecule has 0 N–H and O–H groups in total. The van der Waals surface area contributed by atoms with Crippen LogP contribution in [0.3, 0.4) is 0 Å². The van der Waals surface area contributed by atoms with E-state index in [9.17, 15) is 9.59 Å². The van der Waals surface area contributed by atoms with E-state index in [4.69, 9.17) is 4.74 Å². The van der Waals surface area contributed by atoms with Crippen LogP contribution >= 0.6 is 0 Å². The number of carbonyl (C=O) groups excluding carboxylic acids is 2. The number of pyridine rings is 1. The van der Waals surface area contributed by atoms with Gasteiger partial charge < -0.3 is 4.74 Å². The van der Waals surface area contributed by atoms with Gasteiger partial charge in [-0.25, -0.2) is 0 Å². The van der Waals surface area contributed by atoms with E-state index in [0.29, 0.717) is 17.7 Å². The molecule has 3 aromatic rings. The van der Waals surface area contributed by atoms with Gasteiger partial charge in [-0.1, -0.05) is 54.6 Å². The third-order valence-electron chi connectivity index (χ3n) is 5.80. The number of hydrogen-bond donors (Lipinski definition) is 0. The second kappa shape index (κ2) is 5.88. The zero-order chi connectivity index (χ0) is 18.4. The monoisotopic (exact) mass is 355 g/mol. The minimum Gasteiger partial charge on any atom is -0.425 e. The van der Waals surface area contributed by atoms with Crippen molar-refractivity contribution in [2.75, 3.05) is 0 Å². The van der Waals surface area contributed by atoms with Crippen molar-refractivity contribution < 1.29 is 14.3 Å². The fourth-order valence-corrected chi connectivity index (χ4v) is 4.53. The van der Waals surface area contributed by atoms with Crippen LogP contribution in [0.1, 0.15) is 39.9 Å². The molecule has 0 unspecified atom stereocenters. The molecule has 132 valence electrons. The zero-order valence-electron chi connectivity index (χ0n) is 14.5. The summed E-state index contributed by atoms with van der Waals surface area (Å²) in [5.74, 6) is -0.331. The molecule has 0 bridgehead atoms. The van der Waals surface area contributed by atoms with Crippen LogP contribution in [0.25, 0.3) is 0 Å². The number of aromatic nitrogens is 1. The van der Waals surface area contributed by atoms with Gasteiger partial charge in [0.2, 0.25) is 0 Å². The molecule has 1 saturated carbocycles. The number of ether oxygens (including phenoxy) is 1. The Morgan fingerprint density at radius 3 is 2.48 bits per heavy atom. The second-order valence-corrected chi connectivity index (χ2v) is 7.14. The Bertz CT molecular complexity index is 1030. The molecule has 0 saturated heterocycles. The van der Waals surface area contributed by atoms with Crippen LogP contribution < -0.4 is 4.74 Å². The Kier molecular flexibility index (Phi) is 3.47. The predicted octanol–water partition coefficient (Wildman–Crippen LogP) is 4.14. The van der Waals surface area contributed by atoms with E-state index < -0.39 is 11.4 Å². The zero-order valence-corrected chi connectivity index (χ0v) is 14.5. The van der Waals surface area contributed by atoms with Crippen LogP contribution in [0.4, 0.5) is 0 Å². The van der Waals surface area contributed by atoms with Crippen LogP contribution in [-0.4, -0.2) is 16.7 Å². The van der Waals surface area contributed by atoms with Crippen molar-refractivity contribution in [1.29, 1.82) is 0 Å². The first-order valence-corrected chi connectivity index (χ1v) is 9.04. The van der Waals surface area contributed by atoms with E-state index in [0.717, 1.165) is 11.3 Å². The number of ketones is 1. The van der Waals surface area contributed by atoms with Crippen LogP contribution in [0.2, 0.25) is 0 Å². The van der Waals surface area contributed by atoms with Crippen LogP contribution in [0.15, 0.2) is 79.0 Å². The predicted molar refractivity (Wildman–Crippen MR) is 99.6 cm³/mol. The Morgan fingerprint density at radius 2 is 1.70 bits per heavy atom. The molecule has 2 aromatic carbocycles. The van der Waals surface area contributed by atoms with Crippen molar-refractivity contribution in [1.82, 2.24) is 4.98 Å². The number of Topliss-reactive ketones (excluding diaryl/α,β-unsaturated/α-hetero) is 1. The normalized spacial score (nSPS) is 25.6. The number of rotatable bonds is 3. The fraction of sp³-hybridized carbons (Fsp3) is 0.174. The van der Waals surface area contributed by atoms with Crippen molar-refractivity contribution in [3.8, 4) is 5.75 Å². The third kappa shape index (κ3) is 2.19. The number of carbonyl (C=O) groups is 2. The van der Waals surface area contributed by atoms with E-state index >= 15 is 0 Å². The molecule has 0 spiro atoms. The summed E-state index contributed by atoms with van der Waals surface area (Å²) in [5.41, 5.74) is 1.17. The molecule has 1 fully saturated rings. The average Bonchev–Trinajstić information content (AvgIpc) is 2.70. The minimum absolute atomic E-state index is 0.00728. The largest absolute Gasteiger partial charge is 0.425 e. The highest BCUT2D eigenvalue weighted by atomic mass is 16.5. The maximum atomic E-state index is 13.5. The van der Waals surface area contributed by atoms with Gasteiger partial charge in [0.25, 0.3) is 0 Å². The summed E-state index contributed by atoms with van der Waals surface area (Å²) in [5, 5.41) is 0. The van der Waals surface area contributed by atoms with Crippen molar-refractivity contribution in [3.05, 3.63) is 95.8 Å². The van der Waals surface area contributed by atoms with Gasteiger partial charge in [-0.3, -0.25) is 14.6 Å². The van der Waals surface area contributed by atoms with Gasteiger partial charge in [0.05, 0.1) is 0 Å². The molecule has 0 amide bonds. The summed E-state index contributed by atoms with van der Waals surface area (Å²) in [6.07, 6.45) is 2.16. The lowest BCUT2D eigenvalue weighted by molar-refractivity contribution is -0.153. The Morgan fingerprint density at radius 1 is 0.963 bits per heavy atom. The molecule has 4 heteroatoms. The molecule has 27 heavy (non-hydrogen) atoms. The number of para-hydroxylation sites is 1. The molecule has 2 aliphatic rings. The lowest BCUT2D eigenvalue weighted by Gasteiger charge is -2.54. The Balaban J connectivity index is 1.66. The first kappa shape index (κ1) is 15.9. The summed E-state index contributed by atoms with van der Waals surface area (Å²) in [4.78, 5) is 31.0. The first-order valence-electron chi connectivity index (χ1n) is 9.04. The highest BCUT2D eigenvalue weighted by molar-refractivity contribution is 6.15. The van der Waals surface area contributed by atoms with Crippen molar-refractivity contribution in [2.45, 2.75) is 18.3 Å². The molecule has 1 aliphatic heterocycles. The number of fused-ring (bicyclic) bond motifs is 3. The van der Waals surface area contributed by atoms with Crippen LogP contribution in [0, 0.1) is 5.41 Å². The van der Waals surface area contributed by atoms with Crippen LogP contribution in [0.5, 0.6) is 5.75 Å². The van der Waals surface area contributed by atoms with Crippen LogP contribution in [-0.2, 0) is 4.79 Å². The quantitative estimate of drug-likeness (QED) is 0.307. The van der Waals surface area contributed by atoms with Crippen molar-refractivity contribution in [2.24, 2.45) is 5.41 Å². The standard InChI is InChI=1S/C23H17NO3/c25-21(15-8-2-1-3-9-15)23-14-17(18-11-6-7-13-24-18)20(23)16-10-4-5-12-19(16)27-22(23)26/h1-13,17,20H,14H2/t17-,20-,23+/m0/s1. The van der Waals surface area contributed by atoms with Crippen molar-refractivity contribution in [3.63, 3.8) is 0 Å². The highest BCUT2D eigenvalue weighted by Gasteiger charge is 2.67. The second-order valence-electron chi connectivity index (χ2n) is 7.14. The Labute approximate surface area is 156 Å². The summed E-state index contributed by atoms with van der Waals surface area (Å²) < 4.78 is 5.62. The topological polar surface area (TPSA) is 56.3 Å². The summed E-state index contributed by atoms with van der Waals surface area (Å²) in [7, 11) is 0. The smallest absolute Gasteiger partial charge is 0.326 e. The molecule has 3 atom stereocenters. The van der Waals surface area contributed by atoms with E-state index in [1.54, 1.807) is 24.4 Å². The van der Waals surface area contributed by atoms with Gasteiger partial charge in [0.15, 0.2) is 5.78 Å². The number of benzene rings is 2. The molecule has 1 aromatic heterocycles. The fourth-order valence-electron chi connectivity index (χ4n) is 4.53. The molecular weight excluding hydrogens is 338 g/mol. The van der Waals surface area contributed by atoms with Gasteiger partial charge in [-0.15, -0.1) is 0 Å². The lowest BCUT2D eigenvalue weighted by Crippen LogP contribution is -2.59. The average molecular weight is 355 g/mol. The first-order chi connectivity index (χ1) is 13.2. The molecule has 4 nitrogen and oxygen atoms in total. The molecule has 1 aliphatic carbocycles. The Hall–Kier alpha value is -3.27. The molecular formula is C23H17NO3. The lowest BCUT2D eigenvalue weighted by atomic mass is 9.47. The molecule has 0 radical (unpaired) electrons. The van der Waals surface area contributed by atoms with Gasteiger partial charge >= 0.3 is 5.97 Å². The van der Waals surface area contributed by atoms with Gasteiger partial charge in [-0.2, -0.15) is 0 Å². The maximum absolute atomic E-state index is 13.5. The SMILES string of the molecule is O=C1Oc2ccccc2[C@H]2[C@H](c3ccccn3)C[C@@]12C(=O)c1ccccc1. The third-order valence-corrected chi connectivity index (χ3v) is 5.80. The van der Waals surface area contributed by atoms with Gasteiger partial charge in [0.1, 0.15) is 11.2 Å². The van der Waals surface area contributed by atoms with Crippen molar-refractivity contribution >= 4 is 11.8 Å². The van der Waals surface area contributed by atoms with E-state index in [1.807, 2.05) is 54.6 Å². The van der Waals surface area contributed by atoms with Gasteiger partial charge in [0, 0.05) is 34.9 Å². The van der Waals surface area contributed by atoms with E-state index in [2.05, 4.69) is 4.98 Å². The van der Waals surface area contributed by atoms with Gasteiger partial charge in [-0.05, 0) is 24.6 Å².